The summed E-state index contributed by atoms with van der Waals surface area (Å²) in [6, 6.07) is 6.03. The summed E-state index contributed by atoms with van der Waals surface area (Å²) in [6.45, 7) is 2.00. The Kier molecular flexibility index (Phi) is 4.74. The van der Waals surface area contributed by atoms with Crippen LogP contribution in [0.1, 0.15) is 21.6 Å². The Bertz CT molecular complexity index is 678. The van der Waals surface area contributed by atoms with Gasteiger partial charge in [0.2, 0.25) is 0 Å². The molecule has 1 amide bonds. The van der Waals surface area contributed by atoms with Crippen molar-refractivity contribution in [3.63, 3.8) is 0 Å². The van der Waals surface area contributed by atoms with Gasteiger partial charge in [-0.15, -0.1) is 0 Å². The second-order valence-corrected chi connectivity index (χ2v) is 5.58. The minimum absolute atomic E-state index is 0.340. The van der Waals surface area contributed by atoms with Crippen molar-refractivity contribution in [2.75, 3.05) is 19.0 Å². The Morgan fingerprint density at radius 2 is 2.24 bits per heavy atom. The van der Waals surface area contributed by atoms with Gasteiger partial charge < -0.3 is 4.90 Å². The van der Waals surface area contributed by atoms with Crippen molar-refractivity contribution in [3.05, 3.63) is 45.7 Å². The quantitative estimate of drug-likeness (QED) is 0.657. The van der Waals surface area contributed by atoms with Crippen molar-refractivity contribution in [2.24, 2.45) is 5.10 Å². The minimum Gasteiger partial charge on any atom is -0.378 e. The maximum Gasteiger partial charge on any atom is 0.290 e. The van der Waals surface area contributed by atoms with Crippen LogP contribution < -0.4 is 10.3 Å². The number of nitrogens with one attached hydrogen (secondary N) is 2. The molecule has 0 aliphatic heterocycles. The zero-order valence-corrected chi connectivity index (χ0v) is 13.6. The molecule has 2 rings (SSSR count). The fraction of sp³-hybridized carbons (Fsp3) is 0.214. The van der Waals surface area contributed by atoms with Crippen molar-refractivity contribution in [1.29, 1.82) is 0 Å². The van der Waals surface area contributed by atoms with Gasteiger partial charge in [0.1, 0.15) is 5.69 Å². The number of aromatic amines is 1. The van der Waals surface area contributed by atoms with Gasteiger partial charge in [-0.25, -0.2) is 5.43 Å². The number of rotatable bonds is 4. The summed E-state index contributed by atoms with van der Waals surface area (Å²) in [5, 5.41) is 10.3. The summed E-state index contributed by atoms with van der Waals surface area (Å²) >= 11 is 3.23. The Labute approximate surface area is 131 Å². The molecule has 6 nitrogen and oxygen atoms in total. The molecule has 0 unspecified atom stereocenters. The highest BCUT2D eigenvalue weighted by Crippen LogP contribution is 2.16. The first kappa shape index (κ1) is 15.2. The van der Waals surface area contributed by atoms with E-state index in [9.17, 15) is 4.79 Å². The van der Waals surface area contributed by atoms with Crippen LogP contribution in [-0.2, 0) is 0 Å². The first-order valence-corrected chi connectivity index (χ1v) is 7.08. The molecule has 2 N–H and O–H groups in total. The van der Waals surface area contributed by atoms with Gasteiger partial charge in [0.15, 0.2) is 0 Å². The maximum atomic E-state index is 11.8. The summed E-state index contributed by atoms with van der Waals surface area (Å²) in [6.07, 6.45) is 3.14. The van der Waals surface area contributed by atoms with Crippen LogP contribution in [0.2, 0.25) is 0 Å². The fourth-order valence-electron chi connectivity index (χ4n) is 1.73. The van der Waals surface area contributed by atoms with Crippen LogP contribution in [0.15, 0.2) is 34.0 Å². The van der Waals surface area contributed by atoms with Gasteiger partial charge in [-0.3, -0.25) is 9.89 Å². The maximum absolute atomic E-state index is 11.8. The lowest BCUT2D eigenvalue weighted by Crippen LogP contribution is -2.18. The molecule has 1 heterocycles. The molecule has 1 aromatic carbocycles. The minimum atomic E-state index is -0.349. The van der Waals surface area contributed by atoms with E-state index >= 15 is 0 Å². The lowest BCUT2D eigenvalue weighted by Gasteiger charge is -2.13. The lowest BCUT2D eigenvalue weighted by atomic mass is 10.1. The summed E-state index contributed by atoms with van der Waals surface area (Å²) in [4.78, 5) is 13.8. The lowest BCUT2D eigenvalue weighted by molar-refractivity contribution is 0.0949. The number of H-pyrrole nitrogens is 1. The Hall–Kier alpha value is -2.15. The van der Waals surface area contributed by atoms with Gasteiger partial charge in [0.25, 0.3) is 5.91 Å². The molecule has 0 saturated heterocycles. The number of hydrogen-bond donors (Lipinski definition) is 2. The topological polar surface area (TPSA) is 73.4 Å². The Balaban J connectivity index is 2.05. The van der Waals surface area contributed by atoms with E-state index in [1.807, 2.05) is 38.1 Å². The summed E-state index contributed by atoms with van der Waals surface area (Å²) in [5.74, 6) is -0.349. The number of anilines is 1. The molecule has 1 aromatic heterocycles. The van der Waals surface area contributed by atoms with Crippen LogP contribution in [0.25, 0.3) is 0 Å². The highest BCUT2D eigenvalue weighted by Gasteiger charge is 2.10. The molecule has 2 aromatic rings. The number of carbonyl (C=O) groups excluding carboxylic acids is 1. The molecule has 21 heavy (non-hydrogen) atoms. The second-order valence-electron chi connectivity index (χ2n) is 4.73. The van der Waals surface area contributed by atoms with Gasteiger partial charge in [-0.1, -0.05) is 6.07 Å². The number of nitrogens with zero attached hydrogens (tertiary/aromatic N) is 3. The molecule has 0 spiro atoms. The first-order chi connectivity index (χ1) is 9.99. The van der Waals surface area contributed by atoms with Crippen LogP contribution in [0.3, 0.4) is 0 Å². The standard InChI is InChI=1S/C14H16BrN5O/c1-9-6-11(20(2)3)5-4-10(9)7-16-19-14(21)13-12(15)8-17-18-13/h4-8H,1-3H3,(H,17,18)(H,19,21)/b16-7+. The van der Waals surface area contributed by atoms with Crippen molar-refractivity contribution in [1.82, 2.24) is 15.6 Å². The van der Waals surface area contributed by atoms with E-state index in [0.29, 0.717) is 10.2 Å². The predicted octanol–water partition coefficient (Wildman–Crippen LogP) is 2.31. The summed E-state index contributed by atoms with van der Waals surface area (Å²) < 4.78 is 0.599. The molecular weight excluding hydrogens is 334 g/mol. The van der Waals surface area contributed by atoms with Gasteiger partial charge in [0.05, 0.1) is 16.9 Å². The van der Waals surface area contributed by atoms with E-state index in [4.69, 9.17) is 0 Å². The van der Waals surface area contributed by atoms with E-state index < -0.39 is 0 Å². The van der Waals surface area contributed by atoms with Crippen molar-refractivity contribution < 1.29 is 4.79 Å². The zero-order valence-electron chi connectivity index (χ0n) is 12.0. The molecule has 0 bridgehead atoms. The molecule has 0 saturated carbocycles. The third-order valence-corrected chi connectivity index (χ3v) is 3.56. The second kappa shape index (κ2) is 6.53. The van der Waals surface area contributed by atoms with E-state index in [1.165, 1.54) is 6.20 Å². The van der Waals surface area contributed by atoms with Gasteiger partial charge in [-0.2, -0.15) is 10.2 Å². The summed E-state index contributed by atoms with van der Waals surface area (Å²) in [5.41, 5.74) is 5.95. The third-order valence-electron chi connectivity index (χ3n) is 2.96. The van der Waals surface area contributed by atoms with Crippen LogP contribution in [-0.4, -0.2) is 36.4 Å². The predicted molar refractivity (Wildman–Crippen MR) is 86.9 cm³/mol. The number of carbonyl (C=O) groups is 1. The van der Waals surface area contributed by atoms with E-state index in [-0.39, 0.29) is 5.91 Å². The average molecular weight is 350 g/mol. The van der Waals surface area contributed by atoms with Gasteiger partial charge in [0, 0.05) is 19.8 Å². The highest BCUT2D eigenvalue weighted by molar-refractivity contribution is 9.10. The zero-order chi connectivity index (χ0) is 15.4. The van der Waals surface area contributed by atoms with Gasteiger partial charge >= 0.3 is 0 Å². The first-order valence-electron chi connectivity index (χ1n) is 6.29. The molecule has 0 radical (unpaired) electrons. The Morgan fingerprint density at radius 1 is 1.48 bits per heavy atom. The monoisotopic (exact) mass is 349 g/mol. The highest BCUT2D eigenvalue weighted by atomic mass is 79.9. The number of hydrazone groups is 1. The van der Waals surface area contributed by atoms with Gasteiger partial charge in [-0.05, 0) is 46.1 Å². The largest absolute Gasteiger partial charge is 0.378 e. The molecule has 110 valence electrons. The van der Waals surface area contributed by atoms with Crippen molar-refractivity contribution in [3.8, 4) is 0 Å². The fourth-order valence-corrected chi connectivity index (χ4v) is 2.10. The van der Waals surface area contributed by atoms with E-state index in [1.54, 1.807) is 6.21 Å². The van der Waals surface area contributed by atoms with Crippen LogP contribution in [0.4, 0.5) is 5.69 Å². The number of hydrogen-bond acceptors (Lipinski definition) is 4. The van der Waals surface area contributed by atoms with Crippen LogP contribution in [0.5, 0.6) is 0 Å². The van der Waals surface area contributed by atoms with E-state index in [2.05, 4.69) is 42.7 Å². The number of amides is 1. The SMILES string of the molecule is Cc1cc(N(C)C)ccc1/C=N/NC(=O)c1[nH]ncc1Br. The van der Waals surface area contributed by atoms with Crippen LogP contribution in [0, 0.1) is 6.92 Å². The molecular formula is C14H16BrN5O. The normalized spacial score (nSPS) is 10.9. The van der Waals surface area contributed by atoms with Crippen molar-refractivity contribution >= 4 is 33.7 Å². The molecule has 0 aliphatic carbocycles. The number of aromatic nitrogens is 2. The molecule has 0 aliphatic rings. The molecule has 0 atom stereocenters. The Morgan fingerprint density at radius 3 is 2.81 bits per heavy atom. The number of benzene rings is 1. The average Bonchev–Trinajstić information content (AvgIpc) is 2.86. The molecule has 7 heteroatoms. The molecule has 0 fully saturated rings. The third kappa shape index (κ3) is 3.69. The number of halogens is 1. The smallest absolute Gasteiger partial charge is 0.290 e. The van der Waals surface area contributed by atoms with Crippen molar-refractivity contribution in [2.45, 2.75) is 6.92 Å². The van der Waals surface area contributed by atoms with E-state index in [0.717, 1.165) is 16.8 Å². The summed E-state index contributed by atoms with van der Waals surface area (Å²) in [7, 11) is 3.98. The number of aryl methyl sites for hydroxylation is 1. The van der Waals surface area contributed by atoms with Crippen LogP contribution >= 0.6 is 15.9 Å².